The summed E-state index contributed by atoms with van der Waals surface area (Å²) in [6.45, 7) is 4.50. The largest absolute Gasteiger partial charge is 0.342 e. The number of likely N-dealkylation sites (tertiary alicyclic amines) is 1. The fourth-order valence-electron chi connectivity index (χ4n) is 3.73. The highest BCUT2D eigenvalue weighted by atomic mass is 127. The van der Waals surface area contributed by atoms with Crippen molar-refractivity contribution >= 4 is 29.9 Å². The van der Waals surface area contributed by atoms with Crippen LogP contribution in [0, 0.1) is 5.82 Å². The predicted molar refractivity (Wildman–Crippen MR) is 110 cm³/mol. The molecule has 2 aromatic rings. The number of nitrogens with zero attached hydrogens (tertiary/aromatic N) is 3. The second-order valence-electron chi connectivity index (χ2n) is 6.54. The SMILES string of the molecule is Fc1ccccc1C1CCN(C2=NCCN2Cc2ccccc2)C1.I. The molecule has 5 heteroatoms. The molecule has 0 radical (unpaired) electrons. The third-order valence-electron chi connectivity index (χ3n) is 4.94. The molecule has 1 fully saturated rings. The minimum absolute atomic E-state index is 0. The summed E-state index contributed by atoms with van der Waals surface area (Å²) in [6.07, 6.45) is 0.985. The molecular weight excluding hydrogens is 428 g/mol. The van der Waals surface area contributed by atoms with Crippen molar-refractivity contribution in [3.8, 4) is 0 Å². The Morgan fingerprint density at radius 1 is 1.00 bits per heavy atom. The summed E-state index contributed by atoms with van der Waals surface area (Å²) in [4.78, 5) is 9.39. The lowest BCUT2D eigenvalue weighted by molar-refractivity contribution is 0.370. The number of hydrogen-bond acceptors (Lipinski definition) is 3. The quantitative estimate of drug-likeness (QED) is 0.655. The van der Waals surface area contributed by atoms with Crippen LogP contribution in [0.5, 0.6) is 0 Å². The van der Waals surface area contributed by atoms with E-state index >= 15 is 0 Å². The Balaban J connectivity index is 0.00000182. The Morgan fingerprint density at radius 2 is 1.76 bits per heavy atom. The Morgan fingerprint density at radius 3 is 2.56 bits per heavy atom. The fraction of sp³-hybridized carbons (Fsp3) is 0.350. The summed E-state index contributed by atoms with van der Waals surface area (Å²) in [5.74, 6) is 1.25. The van der Waals surface area contributed by atoms with Crippen LogP contribution >= 0.6 is 24.0 Å². The second-order valence-corrected chi connectivity index (χ2v) is 6.54. The molecule has 25 heavy (non-hydrogen) atoms. The molecular formula is C20H23FIN3. The molecule has 2 aliphatic rings. The van der Waals surface area contributed by atoms with Gasteiger partial charge in [0.05, 0.1) is 6.54 Å². The molecule has 1 unspecified atom stereocenters. The maximum absolute atomic E-state index is 14.1. The van der Waals surface area contributed by atoms with Crippen molar-refractivity contribution in [2.24, 2.45) is 4.99 Å². The first-order chi connectivity index (χ1) is 11.8. The van der Waals surface area contributed by atoms with Gasteiger partial charge in [0.2, 0.25) is 0 Å². The van der Waals surface area contributed by atoms with Crippen LogP contribution in [0.25, 0.3) is 0 Å². The molecule has 0 saturated carbocycles. The number of benzene rings is 2. The monoisotopic (exact) mass is 451 g/mol. The van der Waals surface area contributed by atoms with Crippen LogP contribution in [0.1, 0.15) is 23.5 Å². The van der Waals surface area contributed by atoms with E-state index in [0.717, 1.165) is 50.7 Å². The average Bonchev–Trinajstić information content (AvgIpc) is 3.25. The van der Waals surface area contributed by atoms with Gasteiger partial charge in [-0.2, -0.15) is 0 Å². The Bertz CT molecular complexity index is 735. The molecule has 1 saturated heterocycles. The molecule has 2 aromatic carbocycles. The fourth-order valence-corrected chi connectivity index (χ4v) is 3.73. The van der Waals surface area contributed by atoms with E-state index < -0.39 is 0 Å². The van der Waals surface area contributed by atoms with Crippen LogP contribution in [0.4, 0.5) is 4.39 Å². The molecule has 0 amide bonds. The van der Waals surface area contributed by atoms with Crippen molar-refractivity contribution in [3.63, 3.8) is 0 Å². The second kappa shape index (κ2) is 8.17. The average molecular weight is 451 g/mol. The number of guanidine groups is 1. The Labute approximate surface area is 165 Å². The highest BCUT2D eigenvalue weighted by molar-refractivity contribution is 14.0. The first-order valence-electron chi connectivity index (χ1n) is 8.64. The van der Waals surface area contributed by atoms with Crippen LogP contribution < -0.4 is 0 Å². The first kappa shape index (κ1) is 18.2. The minimum Gasteiger partial charge on any atom is -0.342 e. The molecule has 2 heterocycles. The molecule has 0 aliphatic carbocycles. The molecule has 0 spiro atoms. The molecule has 4 rings (SSSR count). The highest BCUT2D eigenvalue weighted by Gasteiger charge is 2.31. The van der Waals surface area contributed by atoms with E-state index in [2.05, 4.69) is 34.1 Å². The molecule has 132 valence electrons. The van der Waals surface area contributed by atoms with Crippen LogP contribution in [-0.2, 0) is 6.54 Å². The van der Waals surface area contributed by atoms with Crippen LogP contribution in [-0.4, -0.2) is 41.9 Å². The summed E-state index contributed by atoms with van der Waals surface area (Å²) in [5, 5.41) is 0. The van der Waals surface area contributed by atoms with Gasteiger partial charge in [0.25, 0.3) is 0 Å². The molecule has 2 aliphatic heterocycles. The van der Waals surface area contributed by atoms with Gasteiger partial charge in [-0.15, -0.1) is 24.0 Å². The van der Waals surface area contributed by atoms with E-state index in [9.17, 15) is 4.39 Å². The Kier molecular flexibility index (Phi) is 5.93. The summed E-state index contributed by atoms with van der Waals surface area (Å²) in [6, 6.07) is 17.7. The third-order valence-corrected chi connectivity index (χ3v) is 4.94. The first-order valence-corrected chi connectivity index (χ1v) is 8.64. The van der Waals surface area contributed by atoms with Crippen LogP contribution in [0.15, 0.2) is 59.6 Å². The smallest absolute Gasteiger partial charge is 0.197 e. The minimum atomic E-state index is -0.0844. The van der Waals surface area contributed by atoms with E-state index in [1.54, 1.807) is 12.1 Å². The van der Waals surface area contributed by atoms with Crippen LogP contribution in [0.3, 0.4) is 0 Å². The predicted octanol–water partition coefficient (Wildman–Crippen LogP) is 4.10. The zero-order valence-electron chi connectivity index (χ0n) is 14.1. The van der Waals surface area contributed by atoms with Crippen LogP contribution in [0.2, 0.25) is 0 Å². The number of halogens is 2. The standard InChI is InChI=1S/C20H22FN3.HI/c21-19-9-5-4-8-18(19)17-10-12-23(15-17)20-22-11-13-24(20)14-16-6-2-1-3-7-16;/h1-9,17H,10-15H2;1H. The van der Waals surface area contributed by atoms with Gasteiger partial charge in [-0.25, -0.2) is 4.39 Å². The third kappa shape index (κ3) is 3.97. The van der Waals surface area contributed by atoms with Gasteiger partial charge in [-0.05, 0) is 23.6 Å². The van der Waals surface area contributed by atoms with Gasteiger partial charge in [-0.1, -0.05) is 48.5 Å². The van der Waals surface area contributed by atoms with E-state index in [4.69, 9.17) is 4.99 Å². The summed E-state index contributed by atoms with van der Waals surface area (Å²) in [7, 11) is 0. The van der Waals surface area contributed by atoms with Crippen molar-refractivity contribution in [2.75, 3.05) is 26.2 Å². The molecule has 0 bridgehead atoms. The lowest BCUT2D eigenvalue weighted by atomic mass is 9.98. The van der Waals surface area contributed by atoms with Gasteiger partial charge in [0.1, 0.15) is 5.82 Å². The maximum Gasteiger partial charge on any atom is 0.197 e. The van der Waals surface area contributed by atoms with E-state index in [1.165, 1.54) is 5.56 Å². The number of rotatable bonds is 3. The number of hydrogen-bond donors (Lipinski definition) is 0. The summed E-state index contributed by atoms with van der Waals surface area (Å²) in [5.41, 5.74) is 2.14. The van der Waals surface area contributed by atoms with E-state index in [1.807, 2.05) is 18.2 Å². The highest BCUT2D eigenvalue weighted by Crippen LogP contribution is 2.30. The zero-order valence-corrected chi connectivity index (χ0v) is 16.5. The van der Waals surface area contributed by atoms with Crippen molar-refractivity contribution in [1.29, 1.82) is 0 Å². The van der Waals surface area contributed by atoms with Gasteiger partial charge >= 0.3 is 0 Å². The normalized spacial score (nSPS) is 19.7. The lowest BCUT2D eigenvalue weighted by Gasteiger charge is -2.28. The van der Waals surface area contributed by atoms with Crippen molar-refractivity contribution in [1.82, 2.24) is 9.80 Å². The maximum atomic E-state index is 14.1. The molecule has 1 atom stereocenters. The van der Waals surface area contributed by atoms with E-state index in [0.29, 0.717) is 0 Å². The van der Waals surface area contributed by atoms with Crippen molar-refractivity contribution in [3.05, 3.63) is 71.5 Å². The summed E-state index contributed by atoms with van der Waals surface area (Å²) < 4.78 is 14.1. The summed E-state index contributed by atoms with van der Waals surface area (Å²) >= 11 is 0. The zero-order chi connectivity index (χ0) is 16.4. The van der Waals surface area contributed by atoms with Crippen molar-refractivity contribution in [2.45, 2.75) is 18.9 Å². The molecule has 3 nitrogen and oxygen atoms in total. The van der Waals surface area contributed by atoms with Gasteiger partial charge < -0.3 is 9.80 Å². The molecule has 0 N–H and O–H groups in total. The van der Waals surface area contributed by atoms with Gasteiger partial charge in [0, 0.05) is 32.1 Å². The molecule has 0 aromatic heterocycles. The topological polar surface area (TPSA) is 18.8 Å². The van der Waals surface area contributed by atoms with Gasteiger partial charge in [0.15, 0.2) is 5.96 Å². The Hall–Kier alpha value is -1.63. The van der Waals surface area contributed by atoms with E-state index in [-0.39, 0.29) is 35.7 Å². The lowest BCUT2D eigenvalue weighted by Crippen LogP contribution is -2.40. The van der Waals surface area contributed by atoms with Gasteiger partial charge in [-0.3, -0.25) is 4.99 Å². The van der Waals surface area contributed by atoms with Crippen molar-refractivity contribution < 1.29 is 4.39 Å². The number of aliphatic imine (C=N–C) groups is 1.